The largest absolute Gasteiger partial charge is 0.494 e. The first kappa shape index (κ1) is 21.0. The summed E-state index contributed by atoms with van der Waals surface area (Å²) in [6, 6.07) is 19.5. The summed E-state index contributed by atoms with van der Waals surface area (Å²) in [7, 11) is 0. The molecule has 1 amide bonds. The summed E-state index contributed by atoms with van der Waals surface area (Å²) in [5, 5.41) is 3.67. The van der Waals surface area contributed by atoms with Crippen LogP contribution in [-0.2, 0) is 12.2 Å². The Labute approximate surface area is 184 Å². The number of hydrogen-bond acceptors (Lipinski definition) is 4. The number of benzene rings is 2. The molecule has 1 aliphatic rings. The number of carbonyl (C=O) groups is 1. The van der Waals surface area contributed by atoms with E-state index in [-0.39, 0.29) is 5.91 Å². The van der Waals surface area contributed by atoms with E-state index in [0.29, 0.717) is 18.5 Å². The van der Waals surface area contributed by atoms with E-state index in [0.717, 1.165) is 35.8 Å². The average molecular weight is 419 g/mol. The highest BCUT2D eigenvalue weighted by Gasteiger charge is 2.45. The number of rotatable bonds is 9. The first-order valence-corrected chi connectivity index (χ1v) is 11.1. The molecule has 1 aromatic heterocycles. The number of para-hydroxylation sites is 1. The number of hydrogen-bond donors (Lipinski definition) is 1. The third kappa shape index (κ3) is 4.18. The molecule has 162 valence electrons. The van der Waals surface area contributed by atoms with Gasteiger partial charge in [-0.15, -0.1) is 0 Å². The van der Waals surface area contributed by atoms with E-state index >= 15 is 0 Å². The highest BCUT2D eigenvalue weighted by Crippen LogP contribution is 2.41. The molecule has 5 nitrogen and oxygen atoms in total. The van der Waals surface area contributed by atoms with Crippen LogP contribution in [0, 0.1) is 0 Å². The zero-order chi connectivity index (χ0) is 21.7. The molecule has 0 saturated carbocycles. The normalized spacial score (nSPS) is 17.9. The molecule has 0 fully saturated rings. The number of nitrogens with one attached hydrogen (secondary N) is 1. The van der Waals surface area contributed by atoms with Gasteiger partial charge in [0.2, 0.25) is 0 Å². The van der Waals surface area contributed by atoms with Crippen molar-refractivity contribution in [3.05, 3.63) is 83.8 Å². The zero-order valence-electron chi connectivity index (χ0n) is 18.3. The Morgan fingerprint density at radius 1 is 1.00 bits per heavy atom. The number of nitrogens with zero attached hydrogens (tertiary/aromatic N) is 1. The van der Waals surface area contributed by atoms with Gasteiger partial charge in [-0.25, -0.2) is 0 Å². The van der Waals surface area contributed by atoms with Gasteiger partial charge in [0.15, 0.2) is 0 Å². The van der Waals surface area contributed by atoms with Crippen molar-refractivity contribution >= 4 is 11.6 Å². The fourth-order valence-corrected chi connectivity index (χ4v) is 4.23. The maximum atomic E-state index is 13.6. The molecule has 1 N–H and O–H groups in total. The molecular formula is C26H30N2O3. The smallest absolute Gasteiger partial charge is 0.258 e. The third-order valence-electron chi connectivity index (χ3n) is 5.96. The van der Waals surface area contributed by atoms with Crippen LogP contribution in [-0.4, -0.2) is 17.4 Å². The van der Waals surface area contributed by atoms with Crippen LogP contribution in [0.1, 0.15) is 61.2 Å². The van der Waals surface area contributed by atoms with Crippen LogP contribution in [0.5, 0.6) is 5.75 Å². The quantitative estimate of drug-likeness (QED) is 0.422. The van der Waals surface area contributed by atoms with Crippen LogP contribution in [0.3, 0.4) is 0 Å². The minimum absolute atomic E-state index is 0.00695. The van der Waals surface area contributed by atoms with Crippen molar-refractivity contribution in [1.82, 2.24) is 4.90 Å². The molecule has 0 saturated heterocycles. The first-order chi connectivity index (χ1) is 15.2. The second-order valence-electron chi connectivity index (χ2n) is 7.94. The Hall–Kier alpha value is -3.21. The number of furan rings is 1. The van der Waals surface area contributed by atoms with E-state index in [4.69, 9.17) is 9.15 Å². The summed E-state index contributed by atoms with van der Waals surface area (Å²) in [6.07, 6.45) is 5.74. The van der Waals surface area contributed by atoms with Crippen LogP contribution in [0.25, 0.3) is 0 Å². The van der Waals surface area contributed by atoms with E-state index in [1.165, 1.54) is 12.8 Å². The number of anilines is 1. The van der Waals surface area contributed by atoms with Crippen LogP contribution < -0.4 is 10.1 Å². The van der Waals surface area contributed by atoms with Gasteiger partial charge in [-0.1, -0.05) is 51.0 Å². The molecule has 0 bridgehead atoms. The SMILES string of the molecule is CCCCCOc1ccc(C2(CC)Nc3ccccc3C(=O)N2Cc2ccco2)cc1. The second-order valence-corrected chi connectivity index (χ2v) is 7.94. The molecule has 31 heavy (non-hydrogen) atoms. The van der Waals surface area contributed by atoms with Crippen molar-refractivity contribution in [2.75, 3.05) is 11.9 Å². The van der Waals surface area contributed by atoms with Crippen molar-refractivity contribution in [3.63, 3.8) is 0 Å². The van der Waals surface area contributed by atoms with Gasteiger partial charge in [-0.2, -0.15) is 0 Å². The molecular weight excluding hydrogens is 388 g/mol. The molecule has 1 atom stereocenters. The van der Waals surface area contributed by atoms with E-state index in [1.807, 2.05) is 53.4 Å². The lowest BCUT2D eigenvalue weighted by molar-refractivity contribution is 0.0430. The molecule has 1 unspecified atom stereocenters. The maximum Gasteiger partial charge on any atom is 0.258 e. The first-order valence-electron chi connectivity index (χ1n) is 11.1. The van der Waals surface area contributed by atoms with Gasteiger partial charge in [0.25, 0.3) is 5.91 Å². The van der Waals surface area contributed by atoms with Gasteiger partial charge >= 0.3 is 0 Å². The predicted octanol–water partition coefficient (Wildman–Crippen LogP) is 6.18. The van der Waals surface area contributed by atoms with Crippen molar-refractivity contribution in [2.24, 2.45) is 0 Å². The fourth-order valence-electron chi connectivity index (χ4n) is 4.23. The summed E-state index contributed by atoms with van der Waals surface area (Å²) in [4.78, 5) is 15.5. The molecule has 5 heteroatoms. The molecule has 4 rings (SSSR count). The van der Waals surface area contributed by atoms with Gasteiger partial charge in [-0.05, 0) is 54.8 Å². The minimum Gasteiger partial charge on any atom is -0.494 e. The Balaban J connectivity index is 1.68. The summed E-state index contributed by atoms with van der Waals surface area (Å²) >= 11 is 0. The number of carbonyl (C=O) groups excluding carboxylic acids is 1. The van der Waals surface area contributed by atoms with E-state index in [2.05, 4.69) is 31.3 Å². The Morgan fingerprint density at radius 3 is 2.52 bits per heavy atom. The monoisotopic (exact) mass is 418 g/mol. The summed E-state index contributed by atoms with van der Waals surface area (Å²) < 4.78 is 11.5. The van der Waals surface area contributed by atoms with Gasteiger partial charge in [-0.3, -0.25) is 4.79 Å². The number of fused-ring (bicyclic) bond motifs is 1. The summed E-state index contributed by atoms with van der Waals surface area (Å²) in [5.41, 5.74) is 1.86. The Bertz CT molecular complexity index is 998. The second kappa shape index (κ2) is 9.29. The van der Waals surface area contributed by atoms with E-state index < -0.39 is 5.66 Å². The van der Waals surface area contributed by atoms with Crippen molar-refractivity contribution in [3.8, 4) is 5.75 Å². The topological polar surface area (TPSA) is 54.7 Å². The highest BCUT2D eigenvalue weighted by molar-refractivity contribution is 6.02. The van der Waals surface area contributed by atoms with Gasteiger partial charge in [0.1, 0.15) is 17.2 Å². The van der Waals surface area contributed by atoms with Crippen LogP contribution in [0.4, 0.5) is 5.69 Å². The third-order valence-corrected chi connectivity index (χ3v) is 5.96. The van der Waals surface area contributed by atoms with E-state index in [9.17, 15) is 4.79 Å². The van der Waals surface area contributed by atoms with Gasteiger partial charge in [0, 0.05) is 5.69 Å². The molecule has 0 radical (unpaired) electrons. The molecule has 2 aromatic carbocycles. The lowest BCUT2D eigenvalue weighted by Crippen LogP contribution is -2.56. The van der Waals surface area contributed by atoms with Crippen LogP contribution in [0.2, 0.25) is 0 Å². The molecule has 2 heterocycles. The van der Waals surface area contributed by atoms with Crippen molar-refractivity contribution in [1.29, 1.82) is 0 Å². The standard InChI is InChI=1S/C26H30N2O3/c1-3-5-8-17-30-21-15-13-20(14-16-21)26(4-2)27-24-12-7-6-11-23(24)25(29)28(26)19-22-10-9-18-31-22/h6-7,9-16,18,27H,3-5,8,17,19H2,1-2H3. The lowest BCUT2D eigenvalue weighted by Gasteiger charge is -2.48. The summed E-state index contributed by atoms with van der Waals surface area (Å²) in [5.74, 6) is 1.60. The molecule has 1 aliphatic heterocycles. The molecule has 0 aliphatic carbocycles. The lowest BCUT2D eigenvalue weighted by atomic mass is 9.89. The average Bonchev–Trinajstić information content (AvgIpc) is 3.32. The van der Waals surface area contributed by atoms with Crippen molar-refractivity contribution in [2.45, 2.75) is 51.7 Å². The Kier molecular flexibility index (Phi) is 6.31. The highest BCUT2D eigenvalue weighted by atomic mass is 16.5. The Morgan fingerprint density at radius 2 is 1.81 bits per heavy atom. The molecule has 0 spiro atoms. The molecule has 3 aromatic rings. The summed E-state index contributed by atoms with van der Waals surface area (Å²) in [6.45, 7) is 5.39. The van der Waals surface area contributed by atoms with Gasteiger partial charge < -0.3 is 19.4 Å². The van der Waals surface area contributed by atoms with E-state index in [1.54, 1.807) is 6.26 Å². The number of unbranched alkanes of at least 4 members (excludes halogenated alkanes) is 2. The maximum absolute atomic E-state index is 13.6. The minimum atomic E-state index is -0.682. The zero-order valence-corrected chi connectivity index (χ0v) is 18.3. The van der Waals surface area contributed by atoms with Gasteiger partial charge in [0.05, 0.1) is 25.0 Å². The van der Waals surface area contributed by atoms with Crippen LogP contribution >= 0.6 is 0 Å². The van der Waals surface area contributed by atoms with Crippen LogP contribution in [0.15, 0.2) is 71.3 Å². The predicted molar refractivity (Wildman–Crippen MR) is 122 cm³/mol. The fraction of sp³-hybridized carbons (Fsp3) is 0.346. The number of amides is 1. The van der Waals surface area contributed by atoms with Crippen molar-refractivity contribution < 1.29 is 13.9 Å². The number of ether oxygens (including phenoxy) is 1.